The Balaban J connectivity index is 3.13. The number of rotatable bonds is 21. The first kappa shape index (κ1) is 24.9. The summed E-state index contributed by atoms with van der Waals surface area (Å²) < 4.78 is 0. The minimum absolute atomic E-state index is 0.717. The van der Waals surface area contributed by atoms with Gasteiger partial charge in [0.1, 0.15) is 0 Å². The van der Waals surface area contributed by atoms with Crippen molar-refractivity contribution in [2.75, 3.05) is 26.2 Å². The molecule has 0 radical (unpaired) electrons. The van der Waals surface area contributed by atoms with Gasteiger partial charge in [0.2, 0.25) is 0 Å². The van der Waals surface area contributed by atoms with Crippen LogP contribution in [0.4, 0.5) is 0 Å². The first-order valence-electron chi connectivity index (χ1n) is 11.5. The number of unbranched alkanes of at least 4 members (excludes halogenated alkanes) is 12. The molecule has 0 aromatic heterocycles. The van der Waals surface area contributed by atoms with E-state index in [0.29, 0.717) is 5.92 Å². The lowest BCUT2D eigenvalue weighted by atomic mass is 9.97. The summed E-state index contributed by atoms with van der Waals surface area (Å²) in [6, 6.07) is 0. The molecule has 0 aliphatic rings. The monoisotopic (exact) mass is 355 g/mol. The summed E-state index contributed by atoms with van der Waals surface area (Å²) in [5, 5.41) is 3.59. The maximum atomic E-state index is 5.66. The predicted molar refractivity (Wildman–Crippen MR) is 114 cm³/mol. The second kappa shape index (κ2) is 21.9. The number of nitrogens with two attached hydrogens (primary N) is 2. The summed E-state index contributed by atoms with van der Waals surface area (Å²) in [4.78, 5) is 0. The highest BCUT2D eigenvalue weighted by Gasteiger charge is 2.05. The Bertz CT molecular complexity index is 227. The highest BCUT2D eigenvalue weighted by Crippen LogP contribution is 2.13. The summed E-state index contributed by atoms with van der Waals surface area (Å²) in [5.41, 5.74) is 11.3. The van der Waals surface area contributed by atoms with Crippen LogP contribution < -0.4 is 16.8 Å². The Morgan fingerprint density at radius 3 is 1.44 bits per heavy atom. The molecule has 0 aromatic rings. The first-order valence-corrected chi connectivity index (χ1v) is 11.5. The van der Waals surface area contributed by atoms with Crippen LogP contribution in [-0.4, -0.2) is 26.2 Å². The number of nitrogens with one attached hydrogen (secondary N) is 1. The molecule has 0 heterocycles. The van der Waals surface area contributed by atoms with Gasteiger partial charge in [-0.15, -0.1) is 0 Å². The van der Waals surface area contributed by atoms with E-state index in [1.807, 2.05) is 0 Å². The van der Waals surface area contributed by atoms with Gasteiger partial charge < -0.3 is 16.8 Å². The second-order valence-electron chi connectivity index (χ2n) is 7.80. The third-order valence-corrected chi connectivity index (χ3v) is 5.34. The number of hydrogen-bond donors (Lipinski definition) is 3. The van der Waals surface area contributed by atoms with Crippen LogP contribution in [0.1, 0.15) is 110 Å². The molecule has 25 heavy (non-hydrogen) atoms. The zero-order valence-corrected chi connectivity index (χ0v) is 17.4. The third-order valence-electron chi connectivity index (χ3n) is 5.34. The van der Waals surface area contributed by atoms with Crippen molar-refractivity contribution in [3.63, 3.8) is 0 Å². The molecule has 5 N–H and O–H groups in total. The number of hydrogen-bond acceptors (Lipinski definition) is 3. The quantitative estimate of drug-likeness (QED) is 0.242. The average molecular weight is 356 g/mol. The van der Waals surface area contributed by atoms with Gasteiger partial charge in [-0.1, -0.05) is 84.0 Å². The molecule has 0 amide bonds. The van der Waals surface area contributed by atoms with Crippen molar-refractivity contribution in [2.45, 2.75) is 110 Å². The van der Waals surface area contributed by atoms with Crippen molar-refractivity contribution in [1.29, 1.82) is 0 Å². The SMILES string of the molecule is CCCCCCCCCCCCCCCNCCC(CCN)CCN. The van der Waals surface area contributed by atoms with Crippen LogP contribution in [0.3, 0.4) is 0 Å². The summed E-state index contributed by atoms with van der Waals surface area (Å²) in [5.74, 6) is 0.717. The zero-order valence-electron chi connectivity index (χ0n) is 17.4. The molecule has 0 bridgehead atoms. The Labute approximate surface area is 159 Å². The van der Waals surface area contributed by atoms with Crippen LogP contribution in [-0.2, 0) is 0 Å². The maximum Gasteiger partial charge on any atom is -0.00463 e. The second-order valence-corrected chi connectivity index (χ2v) is 7.80. The normalized spacial score (nSPS) is 11.5. The lowest BCUT2D eigenvalue weighted by molar-refractivity contribution is 0.415. The molecular formula is C22H49N3. The maximum absolute atomic E-state index is 5.66. The van der Waals surface area contributed by atoms with Gasteiger partial charge in [0, 0.05) is 0 Å². The summed E-state index contributed by atoms with van der Waals surface area (Å²) >= 11 is 0. The topological polar surface area (TPSA) is 64.1 Å². The van der Waals surface area contributed by atoms with E-state index in [0.717, 1.165) is 32.5 Å². The zero-order chi connectivity index (χ0) is 18.4. The molecule has 0 spiro atoms. The Morgan fingerprint density at radius 2 is 1.00 bits per heavy atom. The van der Waals surface area contributed by atoms with E-state index in [-0.39, 0.29) is 0 Å². The van der Waals surface area contributed by atoms with E-state index in [4.69, 9.17) is 11.5 Å². The van der Waals surface area contributed by atoms with E-state index in [2.05, 4.69) is 12.2 Å². The largest absolute Gasteiger partial charge is 0.330 e. The molecule has 0 atom stereocenters. The molecule has 0 aromatic carbocycles. The fraction of sp³-hybridized carbons (Fsp3) is 1.00. The average Bonchev–Trinajstić information content (AvgIpc) is 2.61. The highest BCUT2D eigenvalue weighted by atomic mass is 14.8. The van der Waals surface area contributed by atoms with Crippen molar-refractivity contribution in [1.82, 2.24) is 5.32 Å². The van der Waals surface area contributed by atoms with Crippen LogP contribution in [0.15, 0.2) is 0 Å². The lowest BCUT2D eigenvalue weighted by Crippen LogP contribution is -2.22. The standard InChI is InChI=1S/C22H49N3/c1-2-3-4-5-6-7-8-9-10-11-12-13-14-20-25-21-17-22(15-18-23)16-19-24/h22,25H,2-21,23-24H2,1H3. The van der Waals surface area contributed by atoms with Crippen LogP contribution in [0.5, 0.6) is 0 Å². The van der Waals surface area contributed by atoms with E-state index >= 15 is 0 Å². The van der Waals surface area contributed by atoms with Gasteiger partial charge in [0.15, 0.2) is 0 Å². The molecule has 0 aliphatic carbocycles. The van der Waals surface area contributed by atoms with Crippen LogP contribution in [0, 0.1) is 5.92 Å². The predicted octanol–water partition coefficient (Wildman–Crippen LogP) is 5.37. The van der Waals surface area contributed by atoms with Crippen molar-refractivity contribution < 1.29 is 0 Å². The molecular weight excluding hydrogens is 306 g/mol. The van der Waals surface area contributed by atoms with E-state index in [9.17, 15) is 0 Å². The molecule has 0 saturated carbocycles. The van der Waals surface area contributed by atoms with Crippen LogP contribution in [0.2, 0.25) is 0 Å². The highest BCUT2D eigenvalue weighted by molar-refractivity contribution is 4.63. The van der Waals surface area contributed by atoms with Crippen molar-refractivity contribution >= 4 is 0 Å². The fourth-order valence-corrected chi connectivity index (χ4v) is 3.60. The van der Waals surface area contributed by atoms with Crippen molar-refractivity contribution in [3.8, 4) is 0 Å². The Morgan fingerprint density at radius 1 is 0.560 bits per heavy atom. The molecule has 152 valence electrons. The van der Waals surface area contributed by atoms with Gasteiger partial charge in [-0.2, -0.15) is 0 Å². The molecule has 0 saturated heterocycles. The molecule has 0 unspecified atom stereocenters. The minimum atomic E-state index is 0.717. The molecule has 3 heteroatoms. The van der Waals surface area contributed by atoms with Crippen LogP contribution in [0.25, 0.3) is 0 Å². The van der Waals surface area contributed by atoms with E-state index < -0.39 is 0 Å². The van der Waals surface area contributed by atoms with Gasteiger partial charge in [-0.25, -0.2) is 0 Å². The first-order chi connectivity index (χ1) is 12.3. The van der Waals surface area contributed by atoms with Gasteiger partial charge in [-0.3, -0.25) is 0 Å². The third kappa shape index (κ3) is 20.0. The summed E-state index contributed by atoms with van der Waals surface area (Å²) in [7, 11) is 0. The fourth-order valence-electron chi connectivity index (χ4n) is 3.60. The molecule has 0 fully saturated rings. The summed E-state index contributed by atoms with van der Waals surface area (Å²) in [6.07, 6.45) is 22.0. The van der Waals surface area contributed by atoms with E-state index in [1.54, 1.807) is 0 Å². The molecule has 0 rings (SSSR count). The molecule has 0 aliphatic heterocycles. The summed E-state index contributed by atoms with van der Waals surface area (Å²) in [6.45, 7) is 6.18. The Hall–Kier alpha value is -0.120. The van der Waals surface area contributed by atoms with Crippen molar-refractivity contribution in [2.24, 2.45) is 17.4 Å². The lowest BCUT2D eigenvalue weighted by Gasteiger charge is -2.15. The van der Waals surface area contributed by atoms with Gasteiger partial charge >= 0.3 is 0 Å². The van der Waals surface area contributed by atoms with Gasteiger partial charge in [-0.05, 0) is 57.8 Å². The molecule has 3 nitrogen and oxygen atoms in total. The van der Waals surface area contributed by atoms with Gasteiger partial charge in [0.25, 0.3) is 0 Å². The Kier molecular flexibility index (Phi) is 21.8. The van der Waals surface area contributed by atoms with Gasteiger partial charge in [0.05, 0.1) is 0 Å². The van der Waals surface area contributed by atoms with Crippen LogP contribution >= 0.6 is 0 Å². The minimum Gasteiger partial charge on any atom is -0.330 e. The van der Waals surface area contributed by atoms with E-state index in [1.165, 1.54) is 96.4 Å². The smallest absolute Gasteiger partial charge is 0.00463 e. The van der Waals surface area contributed by atoms with Crippen molar-refractivity contribution in [3.05, 3.63) is 0 Å².